The molecule has 0 bridgehead atoms. The van der Waals surface area contributed by atoms with E-state index >= 15 is 0 Å². The van der Waals surface area contributed by atoms with E-state index in [1.807, 2.05) is 20.8 Å². The van der Waals surface area contributed by atoms with Crippen LogP contribution in [0.25, 0.3) is 0 Å². The fourth-order valence-corrected chi connectivity index (χ4v) is 3.80. The molecule has 5 heteroatoms. The van der Waals surface area contributed by atoms with E-state index in [1.54, 1.807) is 4.31 Å². The first-order valence-electron chi connectivity index (χ1n) is 5.56. The summed E-state index contributed by atoms with van der Waals surface area (Å²) < 4.78 is 25.5. The lowest BCUT2D eigenvalue weighted by Crippen LogP contribution is -2.49. The zero-order valence-corrected chi connectivity index (χ0v) is 10.6. The number of rotatable bonds is 3. The van der Waals surface area contributed by atoms with Crippen LogP contribution < -0.4 is 5.73 Å². The molecular formula is C10H22N2O2S. The summed E-state index contributed by atoms with van der Waals surface area (Å²) in [7, 11) is -3.06. The molecule has 4 nitrogen and oxygen atoms in total. The van der Waals surface area contributed by atoms with Crippen molar-refractivity contribution in [3.8, 4) is 0 Å². The number of nitrogens with zero attached hydrogens (tertiary/aromatic N) is 1. The summed E-state index contributed by atoms with van der Waals surface area (Å²) in [5, 5.41) is 0. The molecule has 90 valence electrons. The van der Waals surface area contributed by atoms with Crippen LogP contribution in [0.15, 0.2) is 0 Å². The zero-order chi connectivity index (χ0) is 11.6. The van der Waals surface area contributed by atoms with Crippen molar-refractivity contribution in [1.82, 2.24) is 4.31 Å². The van der Waals surface area contributed by atoms with E-state index in [0.29, 0.717) is 13.1 Å². The summed E-state index contributed by atoms with van der Waals surface area (Å²) >= 11 is 0. The van der Waals surface area contributed by atoms with E-state index in [0.717, 1.165) is 6.42 Å². The van der Waals surface area contributed by atoms with Crippen LogP contribution in [0.4, 0.5) is 0 Å². The van der Waals surface area contributed by atoms with Crippen LogP contribution in [-0.4, -0.2) is 37.6 Å². The Morgan fingerprint density at radius 3 is 2.53 bits per heavy atom. The van der Waals surface area contributed by atoms with E-state index in [-0.39, 0.29) is 23.6 Å². The van der Waals surface area contributed by atoms with Gasteiger partial charge in [-0.25, -0.2) is 12.7 Å². The molecule has 0 saturated carbocycles. The first kappa shape index (κ1) is 12.9. The van der Waals surface area contributed by atoms with Gasteiger partial charge in [-0.2, -0.15) is 0 Å². The Kier molecular flexibility index (Phi) is 4.14. The van der Waals surface area contributed by atoms with Gasteiger partial charge in [0.25, 0.3) is 0 Å². The minimum Gasteiger partial charge on any atom is -0.327 e. The van der Waals surface area contributed by atoms with Gasteiger partial charge in [0, 0.05) is 19.1 Å². The molecule has 2 N–H and O–H groups in total. The van der Waals surface area contributed by atoms with E-state index in [4.69, 9.17) is 5.73 Å². The topological polar surface area (TPSA) is 63.4 Å². The Morgan fingerprint density at radius 2 is 2.07 bits per heavy atom. The van der Waals surface area contributed by atoms with Gasteiger partial charge < -0.3 is 5.73 Å². The van der Waals surface area contributed by atoms with E-state index in [1.165, 1.54) is 0 Å². The van der Waals surface area contributed by atoms with Gasteiger partial charge in [-0.15, -0.1) is 0 Å². The number of piperidine rings is 1. The second kappa shape index (κ2) is 4.80. The average Bonchev–Trinajstić information content (AvgIpc) is 2.07. The van der Waals surface area contributed by atoms with Crippen molar-refractivity contribution in [2.75, 3.05) is 18.8 Å². The molecule has 2 atom stereocenters. The molecule has 0 spiro atoms. The van der Waals surface area contributed by atoms with Crippen molar-refractivity contribution >= 4 is 10.0 Å². The molecule has 2 unspecified atom stereocenters. The second-order valence-electron chi connectivity index (χ2n) is 4.96. The Labute approximate surface area is 92.9 Å². The molecule has 15 heavy (non-hydrogen) atoms. The molecule has 1 saturated heterocycles. The third-order valence-corrected chi connectivity index (χ3v) is 5.08. The maximum Gasteiger partial charge on any atom is 0.214 e. The molecule has 1 fully saturated rings. The number of sulfonamides is 1. The van der Waals surface area contributed by atoms with Gasteiger partial charge in [0.1, 0.15) is 0 Å². The maximum absolute atomic E-state index is 11.9. The fraction of sp³-hybridized carbons (Fsp3) is 1.00. The van der Waals surface area contributed by atoms with Gasteiger partial charge in [0.05, 0.1) is 5.75 Å². The first-order chi connectivity index (χ1) is 6.83. The van der Waals surface area contributed by atoms with Crippen molar-refractivity contribution < 1.29 is 8.42 Å². The van der Waals surface area contributed by atoms with Crippen molar-refractivity contribution in [3.63, 3.8) is 0 Å². The Balaban J connectivity index is 2.65. The van der Waals surface area contributed by atoms with Crippen LogP contribution in [0.2, 0.25) is 0 Å². The molecule has 0 amide bonds. The molecule has 0 aliphatic carbocycles. The van der Waals surface area contributed by atoms with Crippen LogP contribution in [0.5, 0.6) is 0 Å². The smallest absolute Gasteiger partial charge is 0.214 e. The van der Waals surface area contributed by atoms with Crippen molar-refractivity contribution in [1.29, 1.82) is 0 Å². The van der Waals surface area contributed by atoms with Crippen LogP contribution in [0.3, 0.4) is 0 Å². The normalized spacial score (nSPS) is 29.7. The second-order valence-corrected chi connectivity index (χ2v) is 6.97. The monoisotopic (exact) mass is 234 g/mol. The SMILES string of the molecule is CC(C)CS(=O)(=O)N1CCC(N)C(C)C1. The molecule has 1 rings (SSSR count). The standard InChI is InChI=1S/C10H22N2O2S/c1-8(2)7-15(13,14)12-5-4-10(11)9(3)6-12/h8-10H,4-7,11H2,1-3H3. The highest BCUT2D eigenvalue weighted by Gasteiger charge is 2.30. The van der Waals surface area contributed by atoms with Crippen molar-refractivity contribution in [2.45, 2.75) is 33.2 Å². The van der Waals surface area contributed by atoms with Crippen LogP contribution >= 0.6 is 0 Å². The Morgan fingerprint density at radius 1 is 1.47 bits per heavy atom. The third kappa shape index (κ3) is 3.43. The highest BCUT2D eigenvalue weighted by atomic mass is 32.2. The van der Waals surface area contributed by atoms with E-state index in [2.05, 4.69) is 0 Å². The summed E-state index contributed by atoms with van der Waals surface area (Å²) in [5.41, 5.74) is 5.86. The molecule has 0 aromatic carbocycles. The van der Waals surface area contributed by atoms with Crippen LogP contribution in [0.1, 0.15) is 27.2 Å². The first-order valence-corrected chi connectivity index (χ1v) is 7.17. The van der Waals surface area contributed by atoms with Crippen LogP contribution in [0, 0.1) is 11.8 Å². The fourth-order valence-electron chi connectivity index (χ4n) is 1.90. The predicted molar refractivity (Wildman–Crippen MR) is 62.0 cm³/mol. The molecule has 1 aliphatic heterocycles. The molecule has 0 aromatic rings. The molecule has 1 heterocycles. The lowest BCUT2D eigenvalue weighted by atomic mass is 9.96. The average molecular weight is 234 g/mol. The van der Waals surface area contributed by atoms with Gasteiger partial charge in [-0.3, -0.25) is 0 Å². The minimum absolute atomic E-state index is 0.149. The van der Waals surface area contributed by atoms with Gasteiger partial charge >= 0.3 is 0 Å². The molecule has 1 aliphatic rings. The number of nitrogens with two attached hydrogens (primary N) is 1. The third-order valence-electron chi connectivity index (χ3n) is 2.87. The van der Waals surface area contributed by atoms with Gasteiger partial charge in [0.2, 0.25) is 10.0 Å². The lowest BCUT2D eigenvalue weighted by Gasteiger charge is -2.34. The maximum atomic E-state index is 11.9. The predicted octanol–water partition coefficient (Wildman–Crippen LogP) is 0.641. The summed E-state index contributed by atoms with van der Waals surface area (Å²) in [4.78, 5) is 0. The summed E-state index contributed by atoms with van der Waals surface area (Å²) in [5.74, 6) is 0.691. The van der Waals surface area contributed by atoms with Crippen molar-refractivity contribution in [2.24, 2.45) is 17.6 Å². The van der Waals surface area contributed by atoms with E-state index in [9.17, 15) is 8.42 Å². The van der Waals surface area contributed by atoms with Gasteiger partial charge in [-0.05, 0) is 18.3 Å². The van der Waals surface area contributed by atoms with Gasteiger partial charge in [-0.1, -0.05) is 20.8 Å². The quantitative estimate of drug-likeness (QED) is 0.779. The van der Waals surface area contributed by atoms with E-state index < -0.39 is 10.0 Å². The summed E-state index contributed by atoms with van der Waals surface area (Å²) in [6, 6.07) is 0.149. The van der Waals surface area contributed by atoms with Gasteiger partial charge in [0.15, 0.2) is 0 Å². The number of hydrogen-bond donors (Lipinski definition) is 1. The number of hydrogen-bond acceptors (Lipinski definition) is 3. The summed E-state index contributed by atoms with van der Waals surface area (Å²) in [6.45, 7) is 7.03. The molecule has 0 aromatic heterocycles. The molecular weight excluding hydrogens is 212 g/mol. The van der Waals surface area contributed by atoms with Crippen LogP contribution in [-0.2, 0) is 10.0 Å². The minimum atomic E-state index is -3.06. The largest absolute Gasteiger partial charge is 0.327 e. The Bertz CT molecular complexity index is 301. The lowest BCUT2D eigenvalue weighted by molar-refractivity contribution is 0.249. The highest BCUT2D eigenvalue weighted by Crippen LogP contribution is 2.19. The van der Waals surface area contributed by atoms with Crippen molar-refractivity contribution in [3.05, 3.63) is 0 Å². The Hall–Kier alpha value is -0.130. The summed E-state index contributed by atoms with van der Waals surface area (Å²) in [6.07, 6.45) is 0.776. The highest BCUT2D eigenvalue weighted by molar-refractivity contribution is 7.89. The molecule has 0 radical (unpaired) electrons. The zero-order valence-electron chi connectivity index (χ0n) is 9.81.